The van der Waals surface area contributed by atoms with E-state index in [2.05, 4.69) is 5.32 Å². The summed E-state index contributed by atoms with van der Waals surface area (Å²) in [4.78, 5) is 12.7. The third-order valence-electron chi connectivity index (χ3n) is 5.23. The largest absolute Gasteiger partial charge is 0.496 e. The van der Waals surface area contributed by atoms with Crippen LogP contribution in [0.25, 0.3) is 0 Å². The van der Waals surface area contributed by atoms with E-state index in [0.29, 0.717) is 44.0 Å². The maximum atomic E-state index is 12.9. The van der Waals surface area contributed by atoms with Gasteiger partial charge in [-0.25, -0.2) is 8.42 Å². The van der Waals surface area contributed by atoms with Crippen LogP contribution in [0.3, 0.4) is 0 Å². The minimum Gasteiger partial charge on any atom is -0.496 e. The third-order valence-corrected chi connectivity index (χ3v) is 7.12. The van der Waals surface area contributed by atoms with E-state index < -0.39 is 10.0 Å². The lowest BCUT2D eigenvalue weighted by Crippen LogP contribution is -2.40. The summed E-state index contributed by atoms with van der Waals surface area (Å²) in [6.07, 6.45) is 0.581. The van der Waals surface area contributed by atoms with Crippen LogP contribution in [-0.2, 0) is 26.0 Å². The van der Waals surface area contributed by atoms with Crippen LogP contribution in [0.2, 0.25) is 0 Å². The second-order valence-electron chi connectivity index (χ2n) is 7.31. The van der Waals surface area contributed by atoms with E-state index in [0.717, 1.165) is 16.8 Å². The fourth-order valence-corrected chi connectivity index (χ4v) is 4.97. The number of methoxy groups -OCH3 is 1. The summed E-state index contributed by atoms with van der Waals surface area (Å²) in [5, 5.41) is 2.96. The van der Waals surface area contributed by atoms with Crippen molar-refractivity contribution < 1.29 is 22.7 Å². The number of carbonyl (C=O) groups excluding carboxylic acids is 1. The molecular formula is C22H28N2O5S. The molecule has 30 heavy (non-hydrogen) atoms. The number of morpholine rings is 1. The average molecular weight is 433 g/mol. The maximum absolute atomic E-state index is 12.9. The van der Waals surface area contributed by atoms with Gasteiger partial charge in [-0.1, -0.05) is 18.2 Å². The molecule has 0 aliphatic carbocycles. The molecule has 1 N–H and O–H groups in total. The highest BCUT2D eigenvalue weighted by Gasteiger charge is 2.27. The van der Waals surface area contributed by atoms with Crippen molar-refractivity contribution in [2.75, 3.05) is 38.7 Å². The minimum atomic E-state index is -3.61. The smallest absolute Gasteiger partial charge is 0.243 e. The Labute approximate surface area is 178 Å². The van der Waals surface area contributed by atoms with Crippen LogP contribution in [0.5, 0.6) is 5.75 Å². The number of para-hydroxylation sites is 1. The van der Waals surface area contributed by atoms with Crippen LogP contribution in [-0.4, -0.2) is 52.0 Å². The number of amides is 1. The molecule has 0 atom stereocenters. The number of hydrogen-bond acceptors (Lipinski definition) is 5. The highest BCUT2D eigenvalue weighted by molar-refractivity contribution is 7.89. The number of nitrogens with one attached hydrogen (secondary N) is 1. The molecule has 8 heteroatoms. The fraction of sp³-hybridized carbons (Fsp3) is 0.409. The second-order valence-corrected chi connectivity index (χ2v) is 9.24. The van der Waals surface area contributed by atoms with E-state index in [1.165, 1.54) is 11.4 Å². The highest BCUT2D eigenvalue weighted by Crippen LogP contribution is 2.27. The Morgan fingerprint density at radius 3 is 2.43 bits per heavy atom. The van der Waals surface area contributed by atoms with E-state index in [-0.39, 0.29) is 17.2 Å². The molecule has 0 spiro atoms. The van der Waals surface area contributed by atoms with Crippen LogP contribution in [0, 0.1) is 13.8 Å². The summed E-state index contributed by atoms with van der Waals surface area (Å²) in [6, 6.07) is 10.6. The highest BCUT2D eigenvalue weighted by atomic mass is 32.2. The summed E-state index contributed by atoms with van der Waals surface area (Å²) >= 11 is 0. The van der Waals surface area contributed by atoms with Gasteiger partial charge in [0.05, 0.1) is 25.2 Å². The lowest BCUT2D eigenvalue weighted by molar-refractivity contribution is -0.116. The van der Waals surface area contributed by atoms with Gasteiger partial charge in [0.1, 0.15) is 5.75 Å². The molecule has 0 bridgehead atoms. The van der Waals surface area contributed by atoms with Gasteiger partial charge in [0.15, 0.2) is 0 Å². The van der Waals surface area contributed by atoms with Crippen molar-refractivity contribution in [3.63, 3.8) is 0 Å². The van der Waals surface area contributed by atoms with Gasteiger partial charge in [-0.3, -0.25) is 4.79 Å². The molecule has 1 aliphatic rings. The van der Waals surface area contributed by atoms with Crippen molar-refractivity contribution in [2.24, 2.45) is 0 Å². The number of ether oxygens (including phenoxy) is 2. The van der Waals surface area contributed by atoms with Crippen molar-refractivity contribution >= 4 is 21.6 Å². The molecular weight excluding hydrogens is 404 g/mol. The van der Waals surface area contributed by atoms with Crippen LogP contribution in [0.4, 0.5) is 5.69 Å². The molecule has 1 aliphatic heterocycles. The van der Waals surface area contributed by atoms with Crippen LogP contribution in [0.15, 0.2) is 41.3 Å². The summed E-state index contributed by atoms with van der Waals surface area (Å²) < 4.78 is 38.0. The van der Waals surface area contributed by atoms with E-state index in [1.807, 2.05) is 32.0 Å². The fourth-order valence-electron chi connectivity index (χ4n) is 3.51. The van der Waals surface area contributed by atoms with Crippen molar-refractivity contribution in [1.29, 1.82) is 0 Å². The maximum Gasteiger partial charge on any atom is 0.243 e. The van der Waals surface area contributed by atoms with Crippen LogP contribution in [0.1, 0.15) is 23.1 Å². The molecule has 1 amide bonds. The Morgan fingerprint density at radius 2 is 1.80 bits per heavy atom. The van der Waals surface area contributed by atoms with Gasteiger partial charge >= 0.3 is 0 Å². The molecule has 0 radical (unpaired) electrons. The summed E-state index contributed by atoms with van der Waals surface area (Å²) in [6.45, 7) is 5.35. The first kappa shape index (κ1) is 22.3. The Morgan fingerprint density at radius 1 is 1.13 bits per heavy atom. The minimum absolute atomic E-state index is 0.129. The van der Waals surface area contributed by atoms with E-state index >= 15 is 0 Å². The number of hydrogen-bond donors (Lipinski definition) is 1. The molecule has 0 aromatic heterocycles. The lowest BCUT2D eigenvalue weighted by Gasteiger charge is -2.26. The molecule has 2 aromatic carbocycles. The van der Waals surface area contributed by atoms with Gasteiger partial charge in [0.2, 0.25) is 15.9 Å². The van der Waals surface area contributed by atoms with Crippen molar-refractivity contribution in [2.45, 2.75) is 31.6 Å². The Kier molecular flexibility index (Phi) is 7.12. The van der Waals surface area contributed by atoms with E-state index in [9.17, 15) is 13.2 Å². The van der Waals surface area contributed by atoms with Gasteiger partial charge in [-0.15, -0.1) is 0 Å². The Balaban J connectivity index is 1.75. The standard InChI is InChI=1S/C22H28N2O5S/c1-16-5-4-6-17(2)22(16)23-21(25)10-7-18-15-19(8-9-20(18)28-3)30(26,27)24-11-13-29-14-12-24/h4-6,8-9,15H,7,10-14H2,1-3H3,(H,23,25). The predicted octanol–water partition coefficient (Wildman–Crippen LogP) is 2.90. The molecule has 162 valence electrons. The molecule has 1 heterocycles. The zero-order valence-corrected chi connectivity index (χ0v) is 18.4. The van der Waals surface area contributed by atoms with Gasteiger partial charge in [0.25, 0.3) is 0 Å². The van der Waals surface area contributed by atoms with Gasteiger partial charge in [-0.2, -0.15) is 4.31 Å². The number of anilines is 1. The van der Waals surface area contributed by atoms with Gasteiger partial charge < -0.3 is 14.8 Å². The zero-order chi connectivity index (χ0) is 21.7. The molecule has 0 unspecified atom stereocenters. The second kappa shape index (κ2) is 9.59. The molecule has 0 saturated carbocycles. The Bertz CT molecular complexity index is 994. The molecule has 3 rings (SSSR count). The number of carbonyl (C=O) groups is 1. The SMILES string of the molecule is COc1ccc(S(=O)(=O)N2CCOCC2)cc1CCC(=O)Nc1c(C)cccc1C. The summed E-state index contributed by atoms with van der Waals surface area (Å²) in [5.41, 5.74) is 3.50. The van der Waals surface area contributed by atoms with Crippen LogP contribution < -0.4 is 10.1 Å². The molecule has 7 nitrogen and oxygen atoms in total. The first-order chi connectivity index (χ1) is 14.3. The van der Waals surface area contributed by atoms with Crippen LogP contribution >= 0.6 is 0 Å². The first-order valence-corrected chi connectivity index (χ1v) is 11.4. The van der Waals surface area contributed by atoms with Crippen molar-refractivity contribution in [1.82, 2.24) is 4.31 Å². The van der Waals surface area contributed by atoms with Gasteiger partial charge in [-0.05, 0) is 55.2 Å². The number of rotatable bonds is 7. The summed E-state index contributed by atoms with van der Waals surface area (Å²) in [7, 11) is -2.08. The number of sulfonamides is 1. The molecule has 2 aromatic rings. The number of aryl methyl sites for hydroxylation is 3. The third kappa shape index (κ3) is 5.00. The van der Waals surface area contributed by atoms with E-state index in [4.69, 9.17) is 9.47 Å². The zero-order valence-electron chi connectivity index (χ0n) is 17.6. The monoisotopic (exact) mass is 432 g/mol. The number of benzene rings is 2. The van der Waals surface area contributed by atoms with Gasteiger partial charge in [0, 0.05) is 25.2 Å². The summed E-state index contributed by atoms with van der Waals surface area (Å²) in [5.74, 6) is 0.437. The molecule has 1 saturated heterocycles. The first-order valence-electron chi connectivity index (χ1n) is 9.94. The number of nitrogens with zero attached hydrogens (tertiary/aromatic N) is 1. The predicted molar refractivity (Wildman–Crippen MR) is 115 cm³/mol. The Hall–Kier alpha value is -2.42. The quantitative estimate of drug-likeness (QED) is 0.727. The normalized spacial score (nSPS) is 15.0. The van der Waals surface area contributed by atoms with E-state index in [1.54, 1.807) is 18.2 Å². The van der Waals surface area contributed by atoms with Crippen molar-refractivity contribution in [3.8, 4) is 5.75 Å². The average Bonchev–Trinajstić information content (AvgIpc) is 2.75. The molecule has 1 fully saturated rings. The topological polar surface area (TPSA) is 84.9 Å². The lowest BCUT2D eigenvalue weighted by atomic mass is 10.1. The van der Waals surface area contributed by atoms with Crippen molar-refractivity contribution in [3.05, 3.63) is 53.1 Å².